The molecule has 0 atom stereocenters. The van der Waals surface area contributed by atoms with Crippen molar-refractivity contribution in [1.82, 2.24) is 4.98 Å². The molecular formula is C30H21N. The van der Waals surface area contributed by atoms with E-state index in [1.807, 2.05) is 0 Å². The van der Waals surface area contributed by atoms with Crippen LogP contribution in [0.1, 0.15) is 0 Å². The Kier molecular flexibility index (Phi) is 4.18. The molecule has 0 saturated carbocycles. The zero-order valence-electron chi connectivity index (χ0n) is 17.0. The van der Waals surface area contributed by atoms with E-state index < -0.39 is 0 Å². The molecule has 0 radical (unpaired) electrons. The monoisotopic (exact) mass is 395 g/mol. The first-order valence-electron chi connectivity index (χ1n) is 10.6. The van der Waals surface area contributed by atoms with Gasteiger partial charge in [0.15, 0.2) is 0 Å². The largest absolute Gasteiger partial charge is 0.356 e. The van der Waals surface area contributed by atoms with E-state index in [1.165, 1.54) is 43.8 Å². The van der Waals surface area contributed by atoms with Gasteiger partial charge in [0, 0.05) is 11.0 Å². The van der Waals surface area contributed by atoms with Crippen molar-refractivity contribution in [3.8, 4) is 22.3 Å². The van der Waals surface area contributed by atoms with Gasteiger partial charge in [-0.3, -0.25) is 0 Å². The lowest BCUT2D eigenvalue weighted by Gasteiger charge is -2.16. The fraction of sp³-hybridized carbons (Fsp3) is 0. The maximum Gasteiger partial charge on any atom is 0.0384 e. The van der Waals surface area contributed by atoms with Crippen LogP contribution < -0.4 is 0 Å². The van der Waals surface area contributed by atoms with Gasteiger partial charge in [-0.1, -0.05) is 97.1 Å². The maximum atomic E-state index is 3.51. The summed E-state index contributed by atoms with van der Waals surface area (Å²) in [5.41, 5.74) is 7.19. The van der Waals surface area contributed by atoms with E-state index in [0.717, 1.165) is 11.0 Å². The molecule has 1 N–H and O–H groups in total. The Morgan fingerprint density at radius 3 is 1.13 bits per heavy atom. The highest BCUT2D eigenvalue weighted by atomic mass is 14.7. The second kappa shape index (κ2) is 7.30. The van der Waals surface area contributed by atoms with E-state index in [1.54, 1.807) is 0 Å². The van der Waals surface area contributed by atoms with E-state index >= 15 is 0 Å². The number of rotatable bonds is 2. The van der Waals surface area contributed by atoms with Crippen molar-refractivity contribution in [2.75, 3.05) is 0 Å². The van der Waals surface area contributed by atoms with Crippen molar-refractivity contribution in [3.63, 3.8) is 0 Å². The molecule has 11 rings (SSSR count). The molecule has 146 valence electrons. The Morgan fingerprint density at radius 1 is 0.355 bits per heavy atom. The Hall–Kier alpha value is -4.10. The van der Waals surface area contributed by atoms with Crippen molar-refractivity contribution in [2.24, 2.45) is 0 Å². The Balaban J connectivity index is 1.93. The zero-order valence-corrected chi connectivity index (χ0v) is 17.0. The van der Waals surface area contributed by atoms with Crippen LogP contribution in [0.3, 0.4) is 0 Å². The topological polar surface area (TPSA) is 15.8 Å². The van der Waals surface area contributed by atoms with Crippen LogP contribution in [0.2, 0.25) is 0 Å². The lowest BCUT2D eigenvalue weighted by Crippen LogP contribution is -1.89. The molecule has 0 unspecified atom stereocenters. The molecule has 0 aliphatic carbocycles. The van der Waals surface area contributed by atoms with Crippen LogP contribution in [0, 0.1) is 0 Å². The van der Waals surface area contributed by atoms with E-state index in [4.69, 9.17) is 0 Å². The lowest BCUT2D eigenvalue weighted by molar-refractivity contribution is 1.49. The SMILES string of the molecule is c1ccc(-c2c(-c3ccccc3)c3ccc2c2ccc(cc2)[nH]c2ccc3cc2)cc1. The standard InChI is InChI=1S/C30H21N/c1-3-7-23(8-4-1)29-27-19-20-28(30(29)24-9-5-2-6-10-24)22-13-17-26(18-14-22)31-25-15-11-21(27)12-16-25/h1-20,31H. The average Bonchev–Trinajstić information content (AvgIpc) is 2.90. The minimum atomic E-state index is 1.09. The summed E-state index contributed by atoms with van der Waals surface area (Å²) in [6.07, 6.45) is 0. The number of H-pyrrole nitrogens is 1. The van der Waals surface area contributed by atoms with Crippen molar-refractivity contribution in [1.29, 1.82) is 0 Å². The molecule has 0 spiro atoms. The minimum absolute atomic E-state index is 1.09. The molecule has 6 bridgehead atoms. The van der Waals surface area contributed by atoms with Crippen LogP contribution in [0.25, 0.3) is 54.8 Å². The normalized spacial score (nSPS) is 11.2. The molecule has 5 aromatic carbocycles. The third-order valence-corrected chi connectivity index (χ3v) is 6.01. The first kappa shape index (κ1) is 17.7. The summed E-state index contributed by atoms with van der Waals surface area (Å²) >= 11 is 0. The van der Waals surface area contributed by atoms with Gasteiger partial charge in [-0.05, 0) is 68.1 Å². The van der Waals surface area contributed by atoms with Crippen LogP contribution in [-0.4, -0.2) is 4.98 Å². The second-order valence-corrected chi connectivity index (χ2v) is 7.92. The maximum absolute atomic E-state index is 3.51. The Labute approximate surface area is 181 Å². The summed E-state index contributed by atoms with van der Waals surface area (Å²) in [6, 6.07) is 43.5. The lowest BCUT2D eigenvalue weighted by atomic mass is 9.87. The van der Waals surface area contributed by atoms with Gasteiger partial charge >= 0.3 is 0 Å². The highest BCUT2D eigenvalue weighted by Crippen LogP contribution is 2.41. The number of hydrogen-bond donors (Lipinski definition) is 1. The van der Waals surface area contributed by atoms with Gasteiger partial charge in [-0.2, -0.15) is 0 Å². The van der Waals surface area contributed by atoms with E-state index in [9.17, 15) is 0 Å². The molecule has 1 heteroatoms. The highest BCUT2D eigenvalue weighted by Gasteiger charge is 2.14. The van der Waals surface area contributed by atoms with Crippen LogP contribution in [0.5, 0.6) is 0 Å². The highest BCUT2D eigenvalue weighted by molar-refractivity contribution is 6.12. The summed E-state index contributed by atoms with van der Waals surface area (Å²) in [5.74, 6) is 0. The van der Waals surface area contributed by atoms with Crippen molar-refractivity contribution < 1.29 is 0 Å². The molecule has 11 aromatic rings. The molecule has 6 heterocycles. The van der Waals surface area contributed by atoms with Crippen LogP contribution in [0.4, 0.5) is 0 Å². The van der Waals surface area contributed by atoms with Gasteiger partial charge in [0.05, 0.1) is 0 Å². The van der Waals surface area contributed by atoms with Gasteiger partial charge in [0.1, 0.15) is 0 Å². The van der Waals surface area contributed by atoms with E-state index in [-0.39, 0.29) is 0 Å². The van der Waals surface area contributed by atoms with Crippen LogP contribution in [-0.2, 0) is 0 Å². The average molecular weight is 396 g/mol. The quantitative estimate of drug-likeness (QED) is 0.303. The summed E-state index contributed by atoms with van der Waals surface area (Å²) in [5, 5.41) is 4.93. The van der Waals surface area contributed by atoms with Crippen molar-refractivity contribution in [2.45, 2.75) is 0 Å². The molecule has 31 heavy (non-hydrogen) atoms. The molecule has 0 saturated heterocycles. The summed E-state index contributed by atoms with van der Waals surface area (Å²) in [6.45, 7) is 0. The first-order valence-corrected chi connectivity index (χ1v) is 10.6. The fourth-order valence-electron chi connectivity index (χ4n) is 4.53. The number of hydrogen-bond acceptors (Lipinski definition) is 0. The zero-order chi connectivity index (χ0) is 20.6. The molecule has 0 amide bonds. The van der Waals surface area contributed by atoms with Crippen LogP contribution in [0.15, 0.2) is 121 Å². The molecule has 0 aliphatic rings. The third-order valence-electron chi connectivity index (χ3n) is 6.01. The van der Waals surface area contributed by atoms with E-state index in [2.05, 4.69) is 126 Å². The number of benzene rings is 5. The van der Waals surface area contributed by atoms with Crippen molar-refractivity contribution in [3.05, 3.63) is 121 Å². The number of nitrogens with one attached hydrogen (secondary N) is 1. The number of aromatic nitrogens is 1. The fourth-order valence-corrected chi connectivity index (χ4v) is 4.53. The summed E-state index contributed by atoms with van der Waals surface area (Å²) in [7, 11) is 0. The molecular weight excluding hydrogens is 374 g/mol. The second-order valence-electron chi connectivity index (χ2n) is 7.92. The predicted octanol–water partition coefficient (Wildman–Crippen LogP) is 8.37. The third kappa shape index (κ3) is 3.12. The van der Waals surface area contributed by atoms with Gasteiger partial charge in [-0.15, -0.1) is 0 Å². The van der Waals surface area contributed by atoms with Gasteiger partial charge in [-0.25, -0.2) is 0 Å². The first-order chi connectivity index (χ1) is 15.4. The Bertz CT molecular complexity index is 1400. The van der Waals surface area contributed by atoms with Gasteiger partial charge in [0.25, 0.3) is 0 Å². The number of aromatic amines is 1. The minimum Gasteiger partial charge on any atom is -0.356 e. The molecule has 6 aromatic heterocycles. The molecule has 1 nitrogen and oxygen atoms in total. The summed E-state index contributed by atoms with van der Waals surface area (Å²) < 4.78 is 0. The predicted molar refractivity (Wildman–Crippen MR) is 133 cm³/mol. The smallest absolute Gasteiger partial charge is 0.0384 e. The molecule has 0 fully saturated rings. The van der Waals surface area contributed by atoms with Gasteiger partial charge in [0.2, 0.25) is 0 Å². The molecule has 0 aliphatic heterocycles. The van der Waals surface area contributed by atoms with Crippen LogP contribution >= 0.6 is 0 Å². The van der Waals surface area contributed by atoms with Crippen molar-refractivity contribution >= 4 is 32.6 Å². The summed E-state index contributed by atoms with van der Waals surface area (Å²) in [4.78, 5) is 3.51. The van der Waals surface area contributed by atoms with Gasteiger partial charge < -0.3 is 4.98 Å². The van der Waals surface area contributed by atoms with E-state index in [0.29, 0.717) is 0 Å². The Morgan fingerprint density at radius 2 is 0.742 bits per heavy atom.